The molecule has 1 saturated carbocycles. The monoisotopic (exact) mass is 968 g/mol. The highest BCUT2D eigenvalue weighted by atomic mass is 15.3. The van der Waals surface area contributed by atoms with Crippen LogP contribution in [0.3, 0.4) is 0 Å². The highest BCUT2D eigenvalue weighted by molar-refractivity contribution is 7.01. The van der Waals surface area contributed by atoms with E-state index in [9.17, 15) is 0 Å². The second-order valence-corrected chi connectivity index (χ2v) is 25.2. The summed E-state index contributed by atoms with van der Waals surface area (Å²) in [6, 6.07) is 71.1. The van der Waals surface area contributed by atoms with Crippen molar-refractivity contribution in [1.29, 1.82) is 0 Å². The van der Waals surface area contributed by atoms with E-state index in [2.05, 4.69) is 252 Å². The summed E-state index contributed by atoms with van der Waals surface area (Å²) in [5.41, 5.74) is 31.6. The molecule has 2 atom stereocenters. The van der Waals surface area contributed by atoms with Crippen molar-refractivity contribution < 1.29 is 0 Å². The van der Waals surface area contributed by atoms with Gasteiger partial charge in [-0.05, 0) is 169 Å². The molecule has 9 aromatic rings. The summed E-state index contributed by atoms with van der Waals surface area (Å²) in [6.45, 7) is 19.9. The summed E-state index contributed by atoms with van der Waals surface area (Å²) < 4.78 is 0. The van der Waals surface area contributed by atoms with Crippen LogP contribution >= 0.6 is 0 Å². The smallest absolute Gasteiger partial charge is 0.252 e. The van der Waals surface area contributed by atoms with Crippen LogP contribution in [0.1, 0.15) is 120 Å². The van der Waals surface area contributed by atoms with Gasteiger partial charge in [-0.15, -0.1) is 0 Å². The van der Waals surface area contributed by atoms with Crippen LogP contribution < -0.4 is 31.1 Å². The molecule has 7 aliphatic rings. The lowest BCUT2D eigenvalue weighted by Gasteiger charge is -2.52. The lowest BCUT2D eigenvalue weighted by Crippen LogP contribution is -2.67. The lowest BCUT2D eigenvalue weighted by molar-refractivity contribution is 0.195. The third kappa shape index (κ3) is 5.33. The second-order valence-electron chi connectivity index (χ2n) is 25.2. The van der Waals surface area contributed by atoms with Crippen LogP contribution in [-0.4, -0.2) is 12.3 Å². The first kappa shape index (κ1) is 43.8. The highest BCUT2D eigenvalue weighted by Crippen LogP contribution is 2.63. The van der Waals surface area contributed by atoms with Crippen LogP contribution in [0.5, 0.6) is 0 Å². The number of hydrogen-bond donors (Lipinski definition) is 0. The molecule has 16 rings (SSSR count). The molecule has 9 aromatic carbocycles. The molecule has 0 aromatic heterocycles. The number of nitrogens with zero attached hydrogens (tertiary/aromatic N) is 3. The molecular formula is C71H62BN3. The fraction of sp³-hybridized carbons (Fsp3) is 0.239. The predicted molar refractivity (Wildman–Crippen MR) is 316 cm³/mol. The van der Waals surface area contributed by atoms with Gasteiger partial charge in [0.05, 0.1) is 5.54 Å². The highest BCUT2D eigenvalue weighted by Gasteiger charge is 2.59. The summed E-state index contributed by atoms with van der Waals surface area (Å²) in [7, 11) is 0. The third-order valence-corrected chi connectivity index (χ3v) is 20.6. The zero-order valence-electron chi connectivity index (χ0n) is 44.6. The third-order valence-electron chi connectivity index (χ3n) is 20.6. The van der Waals surface area contributed by atoms with Crippen LogP contribution in [0.15, 0.2) is 182 Å². The summed E-state index contributed by atoms with van der Waals surface area (Å²) in [6.07, 6.45) is 4.73. The Kier molecular flexibility index (Phi) is 8.43. The molecule has 4 aliphatic heterocycles. The van der Waals surface area contributed by atoms with E-state index in [-0.39, 0.29) is 33.9 Å². The van der Waals surface area contributed by atoms with Gasteiger partial charge in [-0.2, -0.15) is 0 Å². The molecule has 4 heterocycles. The molecule has 2 unspecified atom stereocenters. The molecule has 0 saturated heterocycles. The zero-order valence-corrected chi connectivity index (χ0v) is 44.6. The Morgan fingerprint density at radius 2 is 0.827 bits per heavy atom. The predicted octanol–water partition coefficient (Wildman–Crippen LogP) is 16.4. The number of rotatable bonds is 4. The topological polar surface area (TPSA) is 9.72 Å². The molecule has 0 spiro atoms. The van der Waals surface area contributed by atoms with Crippen molar-refractivity contribution in [2.45, 2.75) is 108 Å². The molecule has 0 N–H and O–H groups in total. The SMILES string of the molecule is CC1(C)c2ccccc2-c2ccc(N3c4cc(N5c6ccc(-c7ccccc7)cc6C6(C)CCCCC56C)cc5c4B4c6c3cccc6C(C)(C)c3cccc(c34)N5c3ccc4c(c3)C(C)(C)c3ccccc3-4)cc21. The molecule has 0 radical (unpaired) electrons. The quantitative estimate of drug-likeness (QED) is 0.163. The summed E-state index contributed by atoms with van der Waals surface area (Å²) in [5.74, 6) is 0. The Morgan fingerprint density at radius 1 is 0.333 bits per heavy atom. The Hall–Kier alpha value is -7.56. The molecule has 3 nitrogen and oxygen atoms in total. The Bertz CT molecular complexity index is 3820. The second kappa shape index (κ2) is 14.4. The van der Waals surface area contributed by atoms with E-state index in [1.807, 2.05) is 0 Å². The number of anilines is 8. The van der Waals surface area contributed by atoms with Crippen molar-refractivity contribution in [2.75, 3.05) is 14.7 Å². The van der Waals surface area contributed by atoms with Gasteiger partial charge in [0.2, 0.25) is 0 Å². The minimum absolute atomic E-state index is 0.0575. The van der Waals surface area contributed by atoms with Crippen molar-refractivity contribution in [3.05, 3.63) is 221 Å². The number of hydrogen-bond acceptors (Lipinski definition) is 3. The van der Waals surface area contributed by atoms with Gasteiger partial charge < -0.3 is 14.7 Å². The molecule has 3 aliphatic carbocycles. The van der Waals surface area contributed by atoms with E-state index in [1.165, 1.54) is 147 Å². The van der Waals surface area contributed by atoms with Gasteiger partial charge in [0.1, 0.15) is 0 Å². The van der Waals surface area contributed by atoms with Gasteiger partial charge in [0, 0.05) is 67.2 Å². The maximum Gasteiger partial charge on any atom is 0.252 e. The molecule has 1 fully saturated rings. The van der Waals surface area contributed by atoms with E-state index in [1.54, 1.807) is 0 Å². The van der Waals surface area contributed by atoms with Crippen LogP contribution in [-0.2, 0) is 21.7 Å². The summed E-state index contributed by atoms with van der Waals surface area (Å²) in [4.78, 5) is 8.23. The fourth-order valence-corrected chi connectivity index (χ4v) is 16.6. The number of benzene rings is 9. The van der Waals surface area contributed by atoms with Gasteiger partial charge >= 0.3 is 0 Å². The summed E-state index contributed by atoms with van der Waals surface area (Å²) >= 11 is 0. The molecule has 364 valence electrons. The maximum absolute atomic E-state index is 2.83. The first-order valence-corrected chi connectivity index (χ1v) is 27.8. The van der Waals surface area contributed by atoms with Crippen molar-refractivity contribution in [3.8, 4) is 33.4 Å². The van der Waals surface area contributed by atoms with E-state index in [0.717, 1.165) is 12.8 Å². The van der Waals surface area contributed by atoms with E-state index >= 15 is 0 Å². The molecular weight excluding hydrogens is 906 g/mol. The van der Waals surface area contributed by atoms with Crippen molar-refractivity contribution in [3.63, 3.8) is 0 Å². The average molecular weight is 968 g/mol. The first-order chi connectivity index (χ1) is 36.2. The minimum Gasteiger partial charge on any atom is -0.334 e. The molecule has 0 bridgehead atoms. The van der Waals surface area contributed by atoms with Gasteiger partial charge in [-0.1, -0.05) is 183 Å². The fourth-order valence-electron chi connectivity index (χ4n) is 16.6. The summed E-state index contributed by atoms with van der Waals surface area (Å²) in [5, 5.41) is 0. The van der Waals surface area contributed by atoms with Gasteiger partial charge in [0.15, 0.2) is 0 Å². The van der Waals surface area contributed by atoms with Gasteiger partial charge in [0.25, 0.3) is 6.71 Å². The van der Waals surface area contributed by atoms with Gasteiger partial charge in [-0.3, -0.25) is 0 Å². The van der Waals surface area contributed by atoms with E-state index < -0.39 is 0 Å². The largest absolute Gasteiger partial charge is 0.334 e. The number of fused-ring (bicyclic) bond motifs is 9. The standard InChI is InChI=1S/C71H62BN3/c1-67(2)52-24-14-12-22-48(52)50-33-31-45(39-56(50)67)73-60-28-18-26-54-64(60)72-65-55(69(54,5)6)27-19-29-61(65)74(46-32-34-51-49-23-13-15-25-53(49)68(3,4)57(51)40-46)63-42-47(41-62(73)66(63)72)75-59-35-30-44(43-20-10-9-11-21-43)38-58(59)70(7)36-16-17-37-71(70,75)8/h9-15,18-35,38-42H,16-17,36-37H2,1-8H3. The van der Waals surface area contributed by atoms with E-state index in [4.69, 9.17) is 0 Å². The molecule has 0 amide bonds. The van der Waals surface area contributed by atoms with Crippen LogP contribution in [0, 0.1) is 0 Å². The van der Waals surface area contributed by atoms with Crippen molar-refractivity contribution in [2.24, 2.45) is 0 Å². The van der Waals surface area contributed by atoms with Crippen molar-refractivity contribution >= 4 is 68.6 Å². The Morgan fingerprint density at radius 3 is 1.40 bits per heavy atom. The Balaban J connectivity index is 1.01. The van der Waals surface area contributed by atoms with E-state index in [0.29, 0.717) is 0 Å². The molecule has 75 heavy (non-hydrogen) atoms. The lowest BCUT2D eigenvalue weighted by atomic mass is 9.28. The van der Waals surface area contributed by atoms with Crippen LogP contribution in [0.2, 0.25) is 0 Å². The maximum atomic E-state index is 2.83. The van der Waals surface area contributed by atoms with Crippen LogP contribution in [0.25, 0.3) is 33.4 Å². The Labute approximate surface area is 443 Å². The average Bonchev–Trinajstić information content (AvgIpc) is 3.93. The van der Waals surface area contributed by atoms with Crippen molar-refractivity contribution in [1.82, 2.24) is 0 Å². The van der Waals surface area contributed by atoms with Gasteiger partial charge in [-0.25, -0.2) is 0 Å². The molecule has 4 heteroatoms. The first-order valence-electron chi connectivity index (χ1n) is 27.8. The van der Waals surface area contributed by atoms with Crippen LogP contribution in [0.4, 0.5) is 45.5 Å². The normalized spacial score (nSPS) is 21.4. The minimum atomic E-state index is -0.236. The zero-order chi connectivity index (χ0) is 50.7.